The van der Waals surface area contributed by atoms with Crippen LogP contribution in [0.3, 0.4) is 0 Å². The molecule has 3 aromatic rings. The maximum Gasteiger partial charge on any atom is 0.387 e. The Morgan fingerprint density at radius 2 is 1.90 bits per heavy atom. The second-order valence-electron chi connectivity index (χ2n) is 5.92. The maximum absolute atomic E-state index is 12.5. The number of alkyl halides is 2. The summed E-state index contributed by atoms with van der Waals surface area (Å²) in [6.07, 6.45) is 0. The number of furan rings is 1. The van der Waals surface area contributed by atoms with Crippen molar-refractivity contribution in [1.82, 2.24) is 0 Å². The van der Waals surface area contributed by atoms with Gasteiger partial charge in [-0.15, -0.1) is 0 Å². The Balaban J connectivity index is 1.66. The van der Waals surface area contributed by atoms with Crippen LogP contribution in [0.4, 0.5) is 14.5 Å². The summed E-state index contributed by atoms with van der Waals surface area (Å²) in [4.78, 5) is 12.4. The zero-order chi connectivity index (χ0) is 20.8. The van der Waals surface area contributed by atoms with Gasteiger partial charge in [0.25, 0.3) is 5.91 Å². The Morgan fingerprint density at radius 1 is 1.14 bits per heavy atom. The lowest BCUT2D eigenvalue weighted by molar-refractivity contribution is -0.0502. The molecule has 1 amide bonds. The first kappa shape index (κ1) is 19.9. The largest absolute Gasteiger partial charge is 0.484 e. The van der Waals surface area contributed by atoms with Crippen LogP contribution in [-0.2, 0) is 6.61 Å². The third-order valence-electron chi connectivity index (χ3n) is 4.01. The summed E-state index contributed by atoms with van der Waals surface area (Å²) in [6, 6.07) is 16.3. The monoisotopic (exact) mass is 398 g/mol. The van der Waals surface area contributed by atoms with E-state index in [1.807, 2.05) is 6.07 Å². The molecule has 6 nitrogen and oxygen atoms in total. The lowest BCUT2D eigenvalue weighted by Crippen LogP contribution is -2.13. The van der Waals surface area contributed by atoms with Crippen LogP contribution >= 0.6 is 0 Å². The predicted molar refractivity (Wildman–Crippen MR) is 100.0 cm³/mol. The van der Waals surface area contributed by atoms with E-state index in [1.165, 1.54) is 18.2 Å². The molecule has 2 aromatic carbocycles. The molecule has 1 heterocycles. The number of para-hydroxylation sites is 1. The Morgan fingerprint density at radius 3 is 2.66 bits per heavy atom. The minimum Gasteiger partial charge on any atom is -0.484 e. The number of anilines is 1. The normalized spacial score (nSPS) is 10.4. The maximum atomic E-state index is 12.5. The smallest absolute Gasteiger partial charge is 0.387 e. The number of halogens is 2. The van der Waals surface area contributed by atoms with Gasteiger partial charge in [0.15, 0.2) is 5.76 Å². The van der Waals surface area contributed by atoms with E-state index in [4.69, 9.17) is 14.4 Å². The molecule has 29 heavy (non-hydrogen) atoms. The molecular weight excluding hydrogens is 382 g/mol. The van der Waals surface area contributed by atoms with E-state index in [2.05, 4.69) is 10.1 Å². The quantitative estimate of drug-likeness (QED) is 0.612. The first-order valence-electron chi connectivity index (χ1n) is 8.54. The number of hydrogen-bond acceptors (Lipinski definition) is 5. The number of carbonyl (C=O) groups excluding carboxylic acids is 1. The number of nitriles is 1. The zero-order valence-corrected chi connectivity index (χ0v) is 15.3. The van der Waals surface area contributed by atoms with Gasteiger partial charge < -0.3 is 19.2 Å². The number of ether oxygens (including phenoxy) is 2. The number of nitrogens with zero attached hydrogens (tertiary/aromatic N) is 1. The summed E-state index contributed by atoms with van der Waals surface area (Å²) in [5.74, 6) is 0.239. The molecule has 8 heteroatoms. The van der Waals surface area contributed by atoms with Crippen LogP contribution in [0, 0.1) is 18.3 Å². The van der Waals surface area contributed by atoms with E-state index in [9.17, 15) is 13.6 Å². The highest BCUT2D eigenvalue weighted by atomic mass is 19.3. The molecular formula is C21H16F2N2O4. The van der Waals surface area contributed by atoms with Crippen molar-refractivity contribution in [3.05, 3.63) is 77.2 Å². The number of nitrogens with one attached hydrogen (secondary N) is 1. The number of hydrogen-bond donors (Lipinski definition) is 1. The van der Waals surface area contributed by atoms with Crippen molar-refractivity contribution in [2.24, 2.45) is 0 Å². The van der Waals surface area contributed by atoms with Gasteiger partial charge in [0, 0.05) is 11.3 Å². The number of carbonyl (C=O) groups is 1. The molecule has 0 radical (unpaired) electrons. The van der Waals surface area contributed by atoms with Crippen LogP contribution in [-0.4, -0.2) is 12.5 Å². The van der Waals surface area contributed by atoms with Crippen LogP contribution in [0.2, 0.25) is 0 Å². The van der Waals surface area contributed by atoms with Crippen molar-refractivity contribution in [2.45, 2.75) is 20.1 Å². The van der Waals surface area contributed by atoms with Gasteiger partial charge in [0.2, 0.25) is 0 Å². The number of amides is 1. The lowest BCUT2D eigenvalue weighted by atomic mass is 10.1. The fourth-order valence-corrected chi connectivity index (χ4v) is 2.57. The highest BCUT2D eigenvalue weighted by Crippen LogP contribution is 2.27. The zero-order valence-electron chi connectivity index (χ0n) is 15.3. The van der Waals surface area contributed by atoms with Gasteiger partial charge in [-0.2, -0.15) is 14.0 Å². The summed E-state index contributed by atoms with van der Waals surface area (Å²) < 4.78 is 40.4. The Labute approximate surface area is 165 Å². The topological polar surface area (TPSA) is 84.5 Å². The van der Waals surface area contributed by atoms with Crippen molar-refractivity contribution >= 4 is 11.6 Å². The molecule has 0 unspecified atom stereocenters. The Bertz CT molecular complexity index is 1060. The Kier molecular flexibility index (Phi) is 6.09. The molecule has 0 aliphatic rings. The van der Waals surface area contributed by atoms with E-state index in [1.54, 1.807) is 43.3 Å². The average molecular weight is 398 g/mol. The number of benzene rings is 2. The minimum absolute atomic E-state index is 0.0248. The third kappa shape index (κ3) is 4.90. The van der Waals surface area contributed by atoms with Gasteiger partial charge in [-0.25, -0.2) is 0 Å². The van der Waals surface area contributed by atoms with Gasteiger partial charge >= 0.3 is 6.61 Å². The van der Waals surface area contributed by atoms with Gasteiger partial charge in [0.1, 0.15) is 29.9 Å². The summed E-state index contributed by atoms with van der Waals surface area (Å²) in [5.41, 5.74) is 1.08. The molecule has 0 aliphatic carbocycles. The fraction of sp³-hybridized carbons (Fsp3) is 0.143. The standard InChI is InChI=1S/C21H16F2N2O4/c1-13-16(6-4-8-17(13)29-21(22)23)25-20(26)19-10-9-15(28-19)12-27-18-7-3-2-5-14(18)11-24/h2-10,21H,12H2,1H3,(H,25,26). The molecule has 0 saturated carbocycles. The van der Waals surface area contributed by atoms with E-state index in [0.29, 0.717) is 28.3 Å². The first-order chi connectivity index (χ1) is 14.0. The summed E-state index contributed by atoms with van der Waals surface area (Å²) in [5, 5.41) is 11.7. The highest BCUT2D eigenvalue weighted by Gasteiger charge is 2.16. The van der Waals surface area contributed by atoms with Crippen LogP contribution in [0.5, 0.6) is 11.5 Å². The molecule has 0 spiro atoms. The van der Waals surface area contributed by atoms with Gasteiger partial charge in [-0.3, -0.25) is 4.79 Å². The van der Waals surface area contributed by atoms with Crippen molar-refractivity contribution in [2.75, 3.05) is 5.32 Å². The summed E-state index contributed by atoms with van der Waals surface area (Å²) >= 11 is 0. The molecule has 0 aliphatic heterocycles. The molecule has 0 bridgehead atoms. The van der Waals surface area contributed by atoms with Crippen molar-refractivity contribution in [3.63, 3.8) is 0 Å². The predicted octanol–water partition coefficient (Wildman–Crippen LogP) is 4.89. The summed E-state index contributed by atoms with van der Waals surface area (Å²) in [7, 11) is 0. The summed E-state index contributed by atoms with van der Waals surface area (Å²) in [6.45, 7) is -1.37. The second kappa shape index (κ2) is 8.89. The second-order valence-corrected chi connectivity index (χ2v) is 5.92. The van der Waals surface area contributed by atoms with Crippen LogP contribution in [0.25, 0.3) is 0 Å². The third-order valence-corrected chi connectivity index (χ3v) is 4.01. The van der Waals surface area contributed by atoms with Gasteiger partial charge in [0.05, 0.1) is 5.56 Å². The molecule has 1 aromatic heterocycles. The average Bonchev–Trinajstić information content (AvgIpc) is 3.18. The molecule has 1 N–H and O–H groups in total. The molecule has 3 rings (SSSR count). The SMILES string of the molecule is Cc1c(NC(=O)c2ccc(COc3ccccc3C#N)o2)cccc1OC(F)F. The van der Waals surface area contributed by atoms with Crippen molar-refractivity contribution in [1.29, 1.82) is 5.26 Å². The van der Waals surface area contributed by atoms with Crippen LogP contribution in [0.1, 0.15) is 27.4 Å². The van der Waals surface area contributed by atoms with E-state index >= 15 is 0 Å². The van der Waals surface area contributed by atoms with Crippen molar-refractivity contribution < 1.29 is 27.5 Å². The van der Waals surface area contributed by atoms with Crippen molar-refractivity contribution in [3.8, 4) is 17.6 Å². The molecule has 0 saturated heterocycles. The van der Waals surface area contributed by atoms with Crippen LogP contribution in [0.15, 0.2) is 59.0 Å². The van der Waals surface area contributed by atoms with E-state index < -0.39 is 12.5 Å². The first-order valence-corrected chi connectivity index (χ1v) is 8.54. The van der Waals surface area contributed by atoms with E-state index in [-0.39, 0.29) is 18.1 Å². The molecule has 0 fully saturated rings. The lowest BCUT2D eigenvalue weighted by Gasteiger charge is -2.12. The van der Waals surface area contributed by atoms with Crippen LogP contribution < -0.4 is 14.8 Å². The molecule has 0 atom stereocenters. The fourth-order valence-electron chi connectivity index (χ4n) is 2.57. The van der Waals surface area contributed by atoms with Gasteiger partial charge in [-0.05, 0) is 43.3 Å². The van der Waals surface area contributed by atoms with E-state index in [0.717, 1.165) is 0 Å². The molecule has 148 valence electrons. The highest BCUT2D eigenvalue weighted by molar-refractivity contribution is 6.02. The minimum atomic E-state index is -2.96. The number of rotatable bonds is 7. The van der Waals surface area contributed by atoms with Gasteiger partial charge in [-0.1, -0.05) is 18.2 Å². The Hall–Kier alpha value is -3.86.